The molecule has 1 N–H and O–H groups in total. The lowest BCUT2D eigenvalue weighted by molar-refractivity contribution is -0.241. The molecule has 1 saturated heterocycles. The van der Waals surface area contributed by atoms with Gasteiger partial charge in [0.25, 0.3) is 0 Å². The third-order valence-electron chi connectivity index (χ3n) is 7.28. The van der Waals surface area contributed by atoms with Gasteiger partial charge in [-0.25, -0.2) is 0 Å². The smallest absolute Gasteiger partial charge is 0.160 e. The maximum absolute atomic E-state index is 10.8. The Balaban J connectivity index is 1.96. The monoisotopic (exact) mass is 440 g/mol. The molecule has 180 valence electrons. The topological polar surface area (TPSA) is 66.4 Å². The Labute approximate surface area is 188 Å². The van der Waals surface area contributed by atoms with Crippen LogP contribution in [-0.2, 0) is 23.7 Å². The Kier molecular flexibility index (Phi) is 10.7. The van der Waals surface area contributed by atoms with Crippen molar-refractivity contribution in [3.63, 3.8) is 0 Å². The molecule has 2 aliphatic rings. The van der Waals surface area contributed by atoms with Gasteiger partial charge in [-0.3, -0.25) is 0 Å². The van der Waals surface area contributed by atoms with Crippen molar-refractivity contribution in [2.45, 2.75) is 83.8 Å². The molecule has 0 aromatic carbocycles. The summed E-state index contributed by atoms with van der Waals surface area (Å²) in [5.74, 6) is 1.46. The summed E-state index contributed by atoms with van der Waals surface area (Å²) in [6.45, 7) is 8.51. The second-order valence-corrected chi connectivity index (χ2v) is 9.18. The van der Waals surface area contributed by atoms with E-state index in [0.29, 0.717) is 24.2 Å². The summed E-state index contributed by atoms with van der Waals surface area (Å²) >= 11 is 0. The molecule has 2 fully saturated rings. The third kappa shape index (κ3) is 6.62. The predicted octanol–water partition coefficient (Wildman–Crippen LogP) is 3.97. The summed E-state index contributed by atoms with van der Waals surface area (Å²) in [5, 5.41) is 10.8. The van der Waals surface area contributed by atoms with Gasteiger partial charge in [0.05, 0.1) is 18.3 Å². The number of aliphatic hydroxyl groups excluding tert-OH is 1. The molecule has 2 rings (SSSR count). The van der Waals surface area contributed by atoms with Gasteiger partial charge in [0.1, 0.15) is 12.2 Å². The van der Waals surface area contributed by atoms with E-state index >= 15 is 0 Å². The molecule has 1 aliphatic heterocycles. The van der Waals surface area contributed by atoms with Crippen LogP contribution in [0.4, 0.5) is 0 Å². The fourth-order valence-electron chi connectivity index (χ4n) is 5.08. The largest absolute Gasteiger partial charge is 0.392 e. The fourth-order valence-corrected chi connectivity index (χ4v) is 5.08. The van der Waals surface area contributed by atoms with Crippen molar-refractivity contribution in [2.24, 2.45) is 23.7 Å². The van der Waals surface area contributed by atoms with Crippen LogP contribution in [0.3, 0.4) is 0 Å². The SMILES string of the molecule is CCC(OC)C(C)C1CC1C(O)C(C)/C=C/C=C(\C)C1O[C@@H](OC)CC(OC)[C@H]1OC. The number of methoxy groups -OCH3 is 4. The summed E-state index contributed by atoms with van der Waals surface area (Å²) < 4.78 is 28.4. The van der Waals surface area contributed by atoms with Gasteiger partial charge in [-0.2, -0.15) is 0 Å². The van der Waals surface area contributed by atoms with E-state index in [4.69, 9.17) is 23.7 Å². The van der Waals surface area contributed by atoms with E-state index in [2.05, 4.69) is 26.8 Å². The van der Waals surface area contributed by atoms with Crippen molar-refractivity contribution in [3.05, 3.63) is 23.8 Å². The van der Waals surface area contributed by atoms with Crippen molar-refractivity contribution in [2.75, 3.05) is 28.4 Å². The van der Waals surface area contributed by atoms with E-state index in [1.807, 2.05) is 19.1 Å². The normalized spacial score (nSPS) is 35.7. The molecule has 6 nitrogen and oxygen atoms in total. The Morgan fingerprint density at radius 2 is 1.77 bits per heavy atom. The van der Waals surface area contributed by atoms with E-state index in [0.717, 1.165) is 18.4 Å². The number of allylic oxidation sites excluding steroid dienone is 2. The van der Waals surface area contributed by atoms with Crippen LogP contribution < -0.4 is 0 Å². The highest BCUT2D eigenvalue weighted by molar-refractivity contribution is 5.18. The molecule has 10 atom stereocenters. The fraction of sp³-hybridized carbons (Fsp3) is 0.840. The van der Waals surface area contributed by atoms with Gasteiger partial charge in [-0.15, -0.1) is 0 Å². The highest BCUT2D eigenvalue weighted by Gasteiger charge is 2.48. The first-order chi connectivity index (χ1) is 14.8. The molecule has 6 heteroatoms. The maximum atomic E-state index is 10.8. The highest BCUT2D eigenvalue weighted by Crippen LogP contribution is 2.49. The molecule has 0 bridgehead atoms. The van der Waals surface area contributed by atoms with Gasteiger partial charge in [0.2, 0.25) is 0 Å². The second kappa shape index (κ2) is 12.5. The molecule has 0 aromatic rings. The van der Waals surface area contributed by atoms with Crippen LogP contribution in [0, 0.1) is 23.7 Å². The maximum Gasteiger partial charge on any atom is 0.160 e. The molecule has 1 heterocycles. The first-order valence-electron chi connectivity index (χ1n) is 11.6. The van der Waals surface area contributed by atoms with Gasteiger partial charge in [0.15, 0.2) is 6.29 Å². The van der Waals surface area contributed by atoms with Crippen LogP contribution in [0.5, 0.6) is 0 Å². The molecule has 1 aliphatic carbocycles. The second-order valence-electron chi connectivity index (χ2n) is 9.18. The van der Waals surface area contributed by atoms with Crippen molar-refractivity contribution >= 4 is 0 Å². The van der Waals surface area contributed by atoms with Crippen LogP contribution >= 0.6 is 0 Å². The minimum Gasteiger partial charge on any atom is -0.392 e. The number of aliphatic hydroxyl groups is 1. The number of hydrogen-bond acceptors (Lipinski definition) is 6. The van der Waals surface area contributed by atoms with E-state index in [1.54, 1.807) is 28.4 Å². The zero-order valence-electron chi connectivity index (χ0n) is 20.6. The molecule has 0 spiro atoms. The van der Waals surface area contributed by atoms with Crippen LogP contribution in [0.1, 0.15) is 47.0 Å². The zero-order valence-corrected chi connectivity index (χ0v) is 20.6. The molecule has 31 heavy (non-hydrogen) atoms. The highest BCUT2D eigenvalue weighted by atomic mass is 16.7. The average Bonchev–Trinajstić information content (AvgIpc) is 3.58. The lowest BCUT2D eigenvalue weighted by Crippen LogP contribution is -2.51. The first kappa shape index (κ1) is 26.5. The number of ether oxygens (including phenoxy) is 5. The van der Waals surface area contributed by atoms with Crippen LogP contribution in [0.25, 0.3) is 0 Å². The van der Waals surface area contributed by atoms with Crippen LogP contribution in [0.15, 0.2) is 23.8 Å². The molecular formula is C25H44O6. The lowest BCUT2D eigenvalue weighted by atomic mass is 9.91. The molecule has 0 amide bonds. The van der Waals surface area contributed by atoms with Gasteiger partial charge < -0.3 is 28.8 Å². The predicted molar refractivity (Wildman–Crippen MR) is 122 cm³/mol. The summed E-state index contributed by atoms with van der Waals surface area (Å²) in [6.07, 6.45) is 7.96. The van der Waals surface area contributed by atoms with E-state index in [9.17, 15) is 5.11 Å². The quantitative estimate of drug-likeness (QED) is 0.463. The van der Waals surface area contributed by atoms with E-state index in [1.165, 1.54) is 0 Å². The molecule has 0 radical (unpaired) electrons. The lowest BCUT2D eigenvalue weighted by Gasteiger charge is -2.40. The molecule has 1 saturated carbocycles. The van der Waals surface area contributed by atoms with Gasteiger partial charge in [-0.1, -0.05) is 39.0 Å². The third-order valence-corrected chi connectivity index (χ3v) is 7.28. The Bertz CT molecular complexity index is 587. The Morgan fingerprint density at radius 1 is 1.06 bits per heavy atom. The summed E-state index contributed by atoms with van der Waals surface area (Å²) in [6, 6.07) is 0. The minimum absolute atomic E-state index is 0.0813. The van der Waals surface area contributed by atoms with Crippen molar-refractivity contribution in [1.29, 1.82) is 0 Å². The summed E-state index contributed by atoms with van der Waals surface area (Å²) in [4.78, 5) is 0. The van der Waals surface area contributed by atoms with Crippen molar-refractivity contribution < 1.29 is 28.8 Å². The summed E-state index contributed by atoms with van der Waals surface area (Å²) in [5.41, 5.74) is 1.04. The Morgan fingerprint density at radius 3 is 2.32 bits per heavy atom. The average molecular weight is 441 g/mol. The van der Waals surface area contributed by atoms with E-state index in [-0.39, 0.29) is 42.7 Å². The standard InChI is InChI=1S/C25H44O6/c1-9-20(27-5)17(4)18-13-19(18)23(26)15(2)11-10-12-16(3)24-25(30-8)21(28-6)14-22(29-7)31-24/h10-12,15,17-26H,9,13-14H2,1-8H3/b11-10+,16-12+/t15?,17?,18?,19?,20?,21?,22-,23?,24?,25-/m1/s1. The first-order valence-corrected chi connectivity index (χ1v) is 11.6. The van der Waals surface area contributed by atoms with Crippen LogP contribution in [-0.4, -0.2) is 70.4 Å². The van der Waals surface area contributed by atoms with Crippen LogP contribution in [0.2, 0.25) is 0 Å². The van der Waals surface area contributed by atoms with Crippen molar-refractivity contribution in [3.8, 4) is 0 Å². The van der Waals surface area contributed by atoms with E-state index < -0.39 is 0 Å². The van der Waals surface area contributed by atoms with Gasteiger partial charge in [0, 0.05) is 40.8 Å². The minimum atomic E-state index is -0.333. The van der Waals surface area contributed by atoms with Crippen molar-refractivity contribution in [1.82, 2.24) is 0 Å². The summed E-state index contributed by atoms with van der Waals surface area (Å²) in [7, 11) is 6.80. The Hall–Kier alpha value is -0.760. The molecule has 0 aromatic heterocycles. The number of rotatable bonds is 12. The van der Waals surface area contributed by atoms with Gasteiger partial charge >= 0.3 is 0 Å². The molecule has 8 unspecified atom stereocenters. The van der Waals surface area contributed by atoms with Gasteiger partial charge in [-0.05, 0) is 43.1 Å². The number of hydrogen-bond donors (Lipinski definition) is 1. The molecular weight excluding hydrogens is 396 g/mol. The zero-order chi connectivity index (χ0) is 23.1.